The molecule has 0 bridgehead atoms. The van der Waals surface area contributed by atoms with Crippen LogP contribution in [0.25, 0.3) is 22.6 Å². The summed E-state index contributed by atoms with van der Waals surface area (Å²) >= 11 is 0. The quantitative estimate of drug-likeness (QED) is 0.611. The predicted octanol–water partition coefficient (Wildman–Crippen LogP) is 3.04. The molecule has 1 aromatic heterocycles. The van der Waals surface area contributed by atoms with Crippen molar-refractivity contribution in [1.82, 2.24) is 4.98 Å². The van der Waals surface area contributed by atoms with Gasteiger partial charge in [-0.05, 0) is 37.3 Å². The van der Waals surface area contributed by atoms with Crippen LogP contribution < -0.4 is 5.14 Å². The molecule has 2 aromatic carbocycles. The van der Waals surface area contributed by atoms with E-state index in [9.17, 15) is 22.0 Å². The Morgan fingerprint density at radius 3 is 2.34 bits per heavy atom. The first kappa shape index (κ1) is 20.6. The molecule has 29 heavy (non-hydrogen) atoms. The lowest BCUT2D eigenvalue weighted by Crippen LogP contribution is -2.11. The second-order valence-electron chi connectivity index (χ2n) is 5.97. The van der Waals surface area contributed by atoms with Gasteiger partial charge in [0.25, 0.3) is 0 Å². The smallest absolute Gasteiger partial charge is 0.315 e. The number of hydrogen-bond acceptors (Lipinski definition) is 6. The number of aromatic nitrogens is 1. The topological polar surface area (TPSA) is 112 Å². The maximum atomic E-state index is 13.7. The lowest BCUT2D eigenvalue weighted by molar-refractivity contribution is -0.142. The maximum Gasteiger partial charge on any atom is 0.315 e. The van der Waals surface area contributed by atoms with E-state index >= 15 is 0 Å². The summed E-state index contributed by atoms with van der Waals surface area (Å²) in [4.78, 5) is 15.9. The highest BCUT2D eigenvalue weighted by Crippen LogP contribution is 2.34. The Morgan fingerprint density at radius 1 is 1.10 bits per heavy atom. The molecule has 0 unspecified atom stereocenters. The van der Waals surface area contributed by atoms with Crippen molar-refractivity contribution in [2.45, 2.75) is 18.2 Å². The zero-order chi connectivity index (χ0) is 21.2. The van der Waals surface area contributed by atoms with Crippen LogP contribution in [0.1, 0.15) is 12.8 Å². The zero-order valence-corrected chi connectivity index (χ0v) is 16.0. The van der Waals surface area contributed by atoms with Crippen molar-refractivity contribution in [3.05, 3.63) is 60.0 Å². The summed E-state index contributed by atoms with van der Waals surface area (Å²) in [5.41, 5.74) is 0.837. The Labute approximate surface area is 165 Å². The number of carbonyl (C=O) groups is 1. The molecule has 0 radical (unpaired) electrons. The van der Waals surface area contributed by atoms with E-state index in [0.29, 0.717) is 5.56 Å². The molecule has 0 spiro atoms. The van der Waals surface area contributed by atoms with E-state index in [2.05, 4.69) is 4.98 Å². The van der Waals surface area contributed by atoms with Crippen LogP contribution >= 0.6 is 0 Å². The Bertz CT molecular complexity index is 1160. The lowest BCUT2D eigenvalue weighted by Gasteiger charge is -2.04. The SMILES string of the molecule is CCOC(=O)Cc1nc(-c2ccc(S(N)(=O)=O)cc2)c(-c2ccc(F)c(F)c2)o1. The molecule has 0 saturated carbocycles. The van der Waals surface area contributed by atoms with Gasteiger partial charge in [-0.3, -0.25) is 4.79 Å². The van der Waals surface area contributed by atoms with Crippen LogP contribution in [0.15, 0.2) is 51.8 Å². The highest BCUT2D eigenvalue weighted by atomic mass is 32.2. The maximum absolute atomic E-state index is 13.7. The van der Waals surface area contributed by atoms with Crippen molar-refractivity contribution < 1.29 is 31.1 Å². The molecule has 1 heterocycles. The van der Waals surface area contributed by atoms with Crippen molar-refractivity contribution in [1.29, 1.82) is 0 Å². The van der Waals surface area contributed by atoms with Gasteiger partial charge in [-0.15, -0.1) is 0 Å². The number of esters is 1. The van der Waals surface area contributed by atoms with Crippen LogP contribution in [0.4, 0.5) is 8.78 Å². The second-order valence-corrected chi connectivity index (χ2v) is 7.53. The molecule has 0 aliphatic carbocycles. The molecule has 0 atom stereocenters. The van der Waals surface area contributed by atoms with Crippen LogP contribution in [-0.2, 0) is 26.0 Å². The van der Waals surface area contributed by atoms with Gasteiger partial charge < -0.3 is 9.15 Å². The van der Waals surface area contributed by atoms with E-state index in [-0.39, 0.29) is 40.8 Å². The van der Waals surface area contributed by atoms with E-state index in [0.717, 1.165) is 12.1 Å². The number of rotatable bonds is 6. The summed E-state index contributed by atoms with van der Waals surface area (Å²) in [7, 11) is -3.89. The fourth-order valence-electron chi connectivity index (χ4n) is 2.61. The normalized spacial score (nSPS) is 11.4. The number of halogens is 2. The van der Waals surface area contributed by atoms with Crippen LogP contribution in [0.2, 0.25) is 0 Å². The minimum atomic E-state index is -3.89. The van der Waals surface area contributed by atoms with Gasteiger partial charge in [0.05, 0.1) is 11.5 Å². The molecule has 3 rings (SSSR count). The number of oxazole rings is 1. The van der Waals surface area contributed by atoms with Crippen molar-refractivity contribution in [2.24, 2.45) is 5.14 Å². The average Bonchev–Trinajstić information content (AvgIpc) is 3.07. The Kier molecular flexibility index (Phi) is 5.76. The Balaban J connectivity index is 2.09. The van der Waals surface area contributed by atoms with Gasteiger partial charge in [-0.1, -0.05) is 12.1 Å². The molecule has 152 valence electrons. The van der Waals surface area contributed by atoms with E-state index in [4.69, 9.17) is 14.3 Å². The van der Waals surface area contributed by atoms with Crippen LogP contribution in [-0.4, -0.2) is 26.0 Å². The summed E-state index contributed by atoms with van der Waals surface area (Å²) in [6.45, 7) is 1.83. The zero-order valence-electron chi connectivity index (χ0n) is 15.2. The molecule has 0 aliphatic rings. The molecule has 0 fully saturated rings. The van der Waals surface area contributed by atoms with Crippen molar-refractivity contribution >= 4 is 16.0 Å². The number of ether oxygens (including phenoxy) is 1. The molecular formula is C19H16F2N2O5S. The number of sulfonamides is 1. The highest BCUT2D eigenvalue weighted by molar-refractivity contribution is 7.89. The van der Waals surface area contributed by atoms with E-state index in [1.807, 2.05) is 0 Å². The summed E-state index contributed by atoms with van der Waals surface area (Å²) < 4.78 is 60.4. The largest absolute Gasteiger partial charge is 0.466 e. The van der Waals surface area contributed by atoms with Crippen molar-refractivity contribution in [3.63, 3.8) is 0 Å². The fraction of sp³-hybridized carbons (Fsp3) is 0.158. The molecule has 7 nitrogen and oxygen atoms in total. The third-order valence-corrected chi connectivity index (χ3v) is 4.84. The number of hydrogen-bond donors (Lipinski definition) is 1. The van der Waals surface area contributed by atoms with Gasteiger partial charge in [0.2, 0.25) is 15.9 Å². The second kappa shape index (κ2) is 8.10. The Hall–Kier alpha value is -3.11. The summed E-state index contributed by atoms with van der Waals surface area (Å²) in [5, 5.41) is 5.09. The summed E-state index contributed by atoms with van der Waals surface area (Å²) in [6, 6.07) is 8.61. The first-order valence-corrected chi connectivity index (χ1v) is 9.97. The van der Waals surface area contributed by atoms with Gasteiger partial charge in [0.15, 0.2) is 17.4 Å². The number of benzene rings is 2. The first-order chi connectivity index (χ1) is 13.7. The summed E-state index contributed by atoms with van der Waals surface area (Å²) in [5.74, 6) is -2.58. The minimum Gasteiger partial charge on any atom is -0.466 e. The van der Waals surface area contributed by atoms with Gasteiger partial charge in [0, 0.05) is 11.1 Å². The Morgan fingerprint density at radius 2 is 1.76 bits per heavy atom. The van der Waals surface area contributed by atoms with E-state index < -0.39 is 27.6 Å². The first-order valence-electron chi connectivity index (χ1n) is 8.43. The van der Waals surface area contributed by atoms with Gasteiger partial charge in [-0.2, -0.15) is 0 Å². The molecular weight excluding hydrogens is 406 g/mol. The highest BCUT2D eigenvalue weighted by Gasteiger charge is 2.21. The van der Waals surface area contributed by atoms with Gasteiger partial charge >= 0.3 is 5.97 Å². The monoisotopic (exact) mass is 422 g/mol. The van der Waals surface area contributed by atoms with Crippen LogP contribution in [0.5, 0.6) is 0 Å². The molecule has 2 N–H and O–H groups in total. The number of carbonyl (C=O) groups excluding carboxylic acids is 1. The standard InChI is InChI=1S/C19H16F2N2O5S/c1-2-27-17(24)10-16-23-18(11-3-6-13(7-4-11)29(22,25)26)19(28-16)12-5-8-14(20)15(21)9-12/h3-9H,2,10H2,1H3,(H2,22,25,26). The molecule has 3 aromatic rings. The number of primary sulfonamides is 1. The van der Waals surface area contributed by atoms with Crippen molar-refractivity contribution in [2.75, 3.05) is 6.61 Å². The molecule has 0 amide bonds. The number of nitrogens with zero attached hydrogens (tertiary/aromatic N) is 1. The van der Waals surface area contributed by atoms with E-state index in [1.54, 1.807) is 6.92 Å². The van der Waals surface area contributed by atoms with Gasteiger partial charge in [0.1, 0.15) is 12.1 Å². The number of nitrogens with two attached hydrogens (primary N) is 1. The van der Waals surface area contributed by atoms with Crippen molar-refractivity contribution in [3.8, 4) is 22.6 Å². The third-order valence-electron chi connectivity index (χ3n) is 3.91. The van der Waals surface area contributed by atoms with E-state index in [1.165, 1.54) is 30.3 Å². The van der Waals surface area contributed by atoms with Crippen LogP contribution in [0.3, 0.4) is 0 Å². The lowest BCUT2D eigenvalue weighted by atomic mass is 10.1. The minimum absolute atomic E-state index is 0.00806. The third kappa shape index (κ3) is 4.66. The molecule has 0 aliphatic heterocycles. The van der Waals surface area contributed by atoms with Gasteiger partial charge in [-0.25, -0.2) is 27.3 Å². The average molecular weight is 422 g/mol. The molecule has 0 saturated heterocycles. The van der Waals surface area contributed by atoms with Crippen LogP contribution in [0, 0.1) is 11.6 Å². The molecule has 10 heteroatoms. The summed E-state index contributed by atoms with van der Waals surface area (Å²) in [6.07, 6.45) is -0.264. The predicted molar refractivity (Wildman–Crippen MR) is 99.0 cm³/mol. The fourth-order valence-corrected chi connectivity index (χ4v) is 3.12.